The van der Waals surface area contributed by atoms with Gasteiger partial charge in [0.05, 0.1) is 5.56 Å². The number of amides is 1. The maximum Gasteiger partial charge on any atom is 0.339 e. The lowest BCUT2D eigenvalue weighted by Gasteiger charge is -2.15. The normalized spacial score (nSPS) is 10.4. The van der Waals surface area contributed by atoms with Gasteiger partial charge < -0.3 is 15.8 Å². The molecule has 0 fully saturated rings. The number of nitrogens with one attached hydrogen (secondary N) is 2. The molecule has 1 amide bonds. The standard InChI is InChI=1S/C29H25N3O3/c1-19-11-16-24(26(17-19)29(34)35-18-20-7-3-2-4-8-20)23-9-5-6-10-25(23)28(33)32-22-14-12-21(13-15-22)27(30)31/h2-17H,18H2,1H3,(H3,30,31)(H,32,33). The Labute approximate surface area is 203 Å². The second kappa shape index (κ2) is 10.5. The Balaban J connectivity index is 1.62. The predicted octanol–water partition coefficient (Wildman–Crippen LogP) is 5.56. The summed E-state index contributed by atoms with van der Waals surface area (Å²) in [7, 11) is 0. The van der Waals surface area contributed by atoms with Crippen LogP contribution in [0.5, 0.6) is 0 Å². The molecule has 4 aromatic carbocycles. The molecule has 0 aliphatic heterocycles. The number of rotatable bonds is 7. The van der Waals surface area contributed by atoms with Gasteiger partial charge in [-0.1, -0.05) is 66.2 Å². The third-order valence-electron chi connectivity index (χ3n) is 5.52. The molecule has 174 valence electrons. The smallest absolute Gasteiger partial charge is 0.339 e. The van der Waals surface area contributed by atoms with E-state index in [9.17, 15) is 9.59 Å². The van der Waals surface area contributed by atoms with Crippen molar-refractivity contribution in [2.45, 2.75) is 13.5 Å². The Kier molecular flexibility index (Phi) is 7.02. The summed E-state index contributed by atoms with van der Waals surface area (Å²) in [4.78, 5) is 26.3. The average Bonchev–Trinajstić information content (AvgIpc) is 2.88. The Morgan fingerprint density at radius 1 is 0.829 bits per heavy atom. The highest BCUT2D eigenvalue weighted by molar-refractivity contribution is 6.10. The molecular weight excluding hydrogens is 438 g/mol. The Hall–Kier alpha value is -4.71. The largest absolute Gasteiger partial charge is 0.457 e. The van der Waals surface area contributed by atoms with E-state index in [1.165, 1.54) is 0 Å². The first kappa shape index (κ1) is 23.4. The summed E-state index contributed by atoms with van der Waals surface area (Å²) in [5.41, 5.74) is 10.5. The van der Waals surface area contributed by atoms with Crippen molar-refractivity contribution in [3.8, 4) is 11.1 Å². The molecule has 6 nitrogen and oxygen atoms in total. The minimum atomic E-state index is -0.456. The fourth-order valence-corrected chi connectivity index (χ4v) is 3.71. The van der Waals surface area contributed by atoms with Crippen molar-refractivity contribution in [3.05, 3.63) is 125 Å². The number of benzene rings is 4. The molecule has 35 heavy (non-hydrogen) atoms. The van der Waals surface area contributed by atoms with E-state index in [4.69, 9.17) is 15.9 Å². The van der Waals surface area contributed by atoms with E-state index >= 15 is 0 Å². The summed E-state index contributed by atoms with van der Waals surface area (Å²) >= 11 is 0. The van der Waals surface area contributed by atoms with Gasteiger partial charge in [-0.15, -0.1) is 0 Å². The molecule has 4 aromatic rings. The second-order valence-electron chi connectivity index (χ2n) is 8.10. The molecule has 0 saturated heterocycles. The van der Waals surface area contributed by atoms with Gasteiger partial charge in [-0.05, 0) is 60.0 Å². The van der Waals surface area contributed by atoms with Crippen molar-refractivity contribution in [3.63, 3.8) is 0 Å². The van der Waals surface area contributed by atoms with E-state index in [1.54, 1.807) is 42.5 Å². The maximum atomic E-state index is 13.2. The lowest BCUT2D eigenvalue weighted by Crippen LogP contribution is -2.15. The molecule has 6 heteroatoms. The lowest BCUT2D eigenvalue weighted by molar-refractivity contribution is 0.0473. The molecule has 0 aliphatic rings. The highest BCUT2D eigenvalue weighted by atomic mass is 16.5. The summed E-state index contributed by atoms with van der Waals surface area (Å²) in [5, 5.41) is 10.4. The van der Waals surface area contributed by atoms with Crippen LogP contribution in [0.1, 0.15) is 37.4 Å². The number of esters is 1. The molecule has 0 aromatic heterocycles. The Morgan fingerprint density at radius 3 is 2.20 bits per heavy atom. The van der Waals surface area contributed by atoms with Crippen molar-refractivity contribution in [1.82, 2.24) is 0 Å². The quantitative estimate of drug-likeness (QED) is 0.190. The fraction of sp³-hybridized carbons (Fsp3) is 0.0690. The van der Waals surface area contributed by atoms with E-state index in [0.29, 0.717) is 33.5 Å². The topological polar surface area (TPSA) is 105 Å². The number of nitrogens with two attached hydrogens (primary N) is 1. The predicted molar refractivity (Wildman–Crippen MR) is 138 cm³/mol. The Bertz CT molecular complexity index is 1380. The van der Waals surface area contributed by atoms with Gasteiger partial charge in [0.2, 0.25) is 0 Å². The van der Waals surface area contributed by atoms with Gasteiger partial charge in [0.15, 0.2) is 0 Å². The molecular formula is C29H25N3O3. The summed E-state index contributed by atoms with van der Waals surface area (Å²) in [6.45, 7) is 2.06. The Morgan fingerprint density at radius 2 is 1.49 bits per heavy atom. The molecule has 0 radical (unpaired) electrons. The third kappa shape index (κ3) is 5.62. The van der Waals surface area contributed by atoms with Crippen molar-refractivity contribution in [2.24, 2.45) is 5.73 Å². The number of aryl methyl sites for hydroxylation is 1. The lowest BCUT2D eigenvalue weighted by atomic mass is 9.93. The monoisotopic (exact) mass is 463 g/mol. The molecule has 0 bridgehead atoms. The van der Waals surface area contributed by atoms with Gasteiger partial charge in [0, 0.05) is 16.8 Å². The van der Waals surface area contributed by atoms with Crippen molar-refractivity contribution >= 4 is 23.4 Å². The third-order valence-corrected chi connectivity index (χ3v) is 5.52. The van der Waals surface area contributed by atoms with E-state index < -0.39 is 5.97 Å². The van der Waals surface area contributed by atoms with Crippen LogP contribution in [0.4, 0.5) is 5.69 Å². The van der Waals surface area contributed by atoms with E-state index in [-0.39, 0.29) is 18.3 Å². The number of anilines is 1. The average molecular weight is 464 g/mol. The molecule has 0 aliphatic carbocycles. The number of carbonyl (C=O) groups is 2. The number of hydrogen-bond donors (Lipinski definition) is 3. The number of ether oxygens (including phenoxy) is 1. The minimum Gasteiger partial charge on any atom is -0.457 e. The zero-order valence-electron chi connectivity index (χ0n) is 19.2. The summed E-state index contributed by atoms with van der Waals surface area (Å²) in [5.74, 6) is -0.817. The number of amidine groups is 1. The molecule has 4 N–H and O–H groups in total. The molecule has 0 saturated carbocycles. The highest BCUT2D eigenvalue weighted by Crippen LogP contribution is 2.29. The van der Waals surface area contributed by atoms with Gasteiger partial charge in [-0.2, -0.15) is 0 Å². The van der Waals surface area contributed by atoms with Gasteiger partial charge in [-0.25, -0.2) is 4.79 Å². The van der Waals surface area contributed by atoms with E-state index in [0.717, 1.165) is 11.1 Å². The first-order valence-electron chi connectivity index (χ1n) is 11.1. The number of hydrogen-bond acceptors (Lipinski definition) is 4. The fourth-order valence-electron chi connectivity index (χ4n) is 3.71. The second-order valence-corrected chi connectivity index (χ2v) is 8.10. The first-order valence-corrected chi connectivity index (χ1v) is 11.1. The SMILES string of the molecule is Cc1ccc(-c2ccccc2C(=O)Nc2ccc(C(=N)N)cc2)c(C(=O)OCc2ccccc2)c1. The summed E-state index contributed by atoms with van der Waals surface area (Å²) < 4.78 is 5.59. The zero-order chi connectivity index (χ0) is 24.8. The number of nitrogen functional groups attached to an aromatic ring is 1. The molecule has 0 heterocycles. The van der Waals surface area contributed by atoms with Crippen LogP contribution in [0.3, 0.4) is 0 Å². The number of carbonyl (C=O) groups excluding carboxylic acids is 2. The van der Waals surface area contributed by atoms with E-state index in [2.05, 4.69) is 5.32 Å². The van der Waals surface area contributed by atoms with Crippen LogP contribution in [0.25, 0.3) is 11.1 Å². The highest BCUT2D eigenvalue weighted by Gasteiger charge is 2.20. The molecule has 0 atom stereocenters. The van der Waals surface area contributed by atoms with E-state index in [1.807, 2.05) is 61.5 Å². The van der Waals surface area contributed by atoms with Gasteiger partial charge in [0.25, 0.3) is 5.91 Å². The summed E-state index contributed by atoms with van der Waals surface area (Å²) in [6.07, 6.45) is 0. The minimum absolute atomic E-state index is 0.0423. The van der Waals surface area contributed by atoms with Crippen molar-refractivity contribution in [1.29, 1.82) is 5.41 Å². The van der Waals surface area contributed by atoms with Crippen LogP contribution in [0.2, 0.25) is 0 Å². The van der Waals surface area contributed by atoms with Crippen LogP contribution < -0.4 is 11.1 Å². The zero-order valence-corrected chi connectivity index (χ0v) is 19.2. The first-order chi connectivity index (χ1) is 16.9. The van der Waals surface area contributed by atoms with Gasteiger partial charge in [-0.3, -0.25) is 10.2 Å². The molecule has 0 spiro atoms. The van der Waals surface area contributed by atoms with Crippen molar-refractivity contribution in [2.75, 3.05) is 5.32 Å². The van der Waals surface area contributed by atoms with Crippen molar-refractivity contribution < 1.29 is 14.3 Å². The molecule has 0 unspecified atom stereocenters. The summed E-state index contributed by atoms with van der Waals surface area (Å²) in [6, 6.07) is 28.8. The van der Waals surface area contributed by atoms with Crippen LogP contribution in [-0.4, -0.2) is 17.7 Å². The van der Waals surface area contributed by atoms with Crippen LogP contribution in [0.15, 0.2) is 97.1 Å². The van der Waals surface area contributed by atoms with Gasteiger partial charge in [0.1, 0.15) is 12.4 Å². The maximum absolute atomic E-state index is 13.2. The molecule has 4 rings (SSSR count). The van der Waals surface area contributed by atoms with Crippen LogP contribution in [-0.2, 0) is 11.3 Å². The van der Waals surface area contributed by atoms with Crippen LogP contribution in [0, 0.1) is 12.3 Å². The van der Waals surface area contributed by atoms with Crippen LogP contribution >= 0.6 is 0 Å². The van der Waals surface area contributed by atoms with Gasteiger partial charge >= 0.3 is 5.97 Å².